The Labute approximate surface area is 82.5 Å². The zero-order chi connectivity index (χ0) is 10.6. The average Bonchev–Trinajstić information content (AvgIpc) is 2.15. The molecule has 0 saturated heterocycles. The topological polar surface area (TPSA) is 58.6 Å². The van der Waals surface area contributed by atoms with Crippen molar-refractivity contribution in [2.75, 3.05) is 19.0 Å². The standard InChI is InChI=1S/C10H13NO3/c1-7-5-8(11-6-10(12)13)3-4-9(7)14-2/h3-5,11H,6H2,1-2H3,(H,12,13). The number of hydrogen-bond donors (Lipinski definition) is 2. The molecule has 14 heavy (non-hydrogen) atoms. The summed E-state index contributed by atoms with van der Waals surface area (Å²) in [6.07, 6.45) is 0. The molecular formula is C10H13NO3. The van der Waals surface area contributed by atoms with E-state index in [1.165, 1.54) is 0 Å². The van der Waals surface area contributed by atoms with Gasteiger partial charge in [-0.15, -0.1) is 0 Å². The molecule has 2 N–H and O–H groups in total. The van der Waals surface area contributed by atoms with Gasteiger partial charge >= 0.3 is 5.97 Å². The number of nitrogens with one attached hydrogen (secondary N) is 1. The summed E-state index contributed by atoms with van der Waals surface area (Å²) in [5.74, 6) is -0.0793. The predicted molar refractivity (Wildman–Crippen MR) is 53.9 cm³/mol. The van der Waals surface area contributed by atoms with Crippen molar-refractivity contribution < 1.29 is 14.6 Å². The van der Waals surface area contributed by atoms with Gasteiger partial charge in [0.1, 0.15) is 12.3 Å². The van der Waals surface area contributed by atoms with Crippen molar-refractivity contribution in [1.29, 1.82) is 0 Å². The van der Waals surface area contributed by atoms with E-state index >= 15 is 0 Å². The number of rotatable bonds is 4. The largest absolute Gasteiger partial charge is 0.496 e. The molecule has 1 aromatic rings. The maximum atomic E-state index is 10.3. The summed E-state index contributed by atoms with van der Waals surface area (Å²) < 4.78 is 5.08. The minimum Gasteiger partial charge on any atom is -0.496 e. The molecule has 1 aromatic carbocycles. The van der Waals surface area contributed by atoms with E-state index in [9.17, 15) is 4.79 Å². The van der Waals surface area contributed by atoms with Crippen molar-refractivity contribution in [2.45, 2.75) is 6.92 Å². The minimum atomic E-state index is -0.876. The number of carboxylic acids is 1. The summed E-state index contributed by atoms with van der Waals surface area (Å²) in [6, 6.07) is 5.44. The van der Waals surface area contributed by atoms with Crippen molar-refractivity contribution in [3.63, 3.8) is 0 Å². The summed E-state index contributed by atoms with van der Waals surface area (Å²) in [4.78, 5) is 10.3. The fraction of sp³-hybridized carbons (Fsp3) is 0.300. The van der Waals surface area contributed by atoms with Crippen LogP contribution in [0.25, 0.3) is 0 Å². The number of anilines is 1. The Balaban J connectivity index is 2.71. The summed E-state index contributed by atoms with van der Waals surface area (Å²) in [5.41, 5.74) is 1.76. The zero-order valence-electron chi connectivity index (χ0n) is 8.20. The molecule has 0 bridgehead atoms. The van der Waals surface area contributed by atoms with Crippen LogP contribution in [0.1, 0.15) is 5.56 Å². The molecule has 4 heteroatoms. The highest BCUT2D eigenvalue weighted by atomic mass is 16.5. The first-order valence-corrected chi connectivity index (χ1v) is 4.24. The fourth-order valence-corrected chi connectivity index (χ4v) is 1.17. The van der Waals surface area contributed by atoms with Gasteiger partial charge in [0, 0.05) is 5.69 Å². The second-order valence-corrected chi connectivity index (χ2v) is 2.93. The maximum absolute atomic E-state index is 10.3. The van der Waals surface area contributed by atoms with E-state index in [1.807, 2.05) is 13.0 Å². The Kier molecular flexibility index (Phi) is 3.34. The molecule has 0 heterocycles. The van der Waals surface area contributed by atoms with Gasteiger partial charge in [-0.25, -0.2) is 0 Å². The highest BCUT2D eigenvalue weighted by molar-refractivity contribution is 5.72. The number of carbonyl (C=O) groups is 1. The highest BCUT2D eigenvalue weighted by Crippen LogP contribution is 2.20. The molecule has 0 saturated carbocycles. The molecule has 0 fully saturated rings. The molecule has 0 radical (unpaired) electrons. The molecule has 0 aliphatic heterocycles. The van der Waals surface area contributed by atoms with Crippen molar-refractivity contribution in [1.82, 2.24) is 0 Å². The van der Waals surface area contributed by atoms with Gasteiger partial charge in [0.2, 0.25) is 0 Å². The number of carboxylic acid groups (broad SMARTS) is 1. The molecule has 0 aliphatic rings. The van der Waals surface area contributed by atoms with Gasteiger partial charge in [-0.1, -0.05) is 0 Å². The van der Waals surface area contributed by atoms with Crippen molar-refractivity contribution >= 4 is 11.7 Å². The molecule has 0 amide bonds. The monoisotopic (exact) mass is 195 g/mol. The highest BCUT2D eigenvalue weighted by Gasteiger charge is 2.00. The van der Waals surface area contributed by atoms with Crippen molar-refractivity contribution in [3.05, 3.63) is 23.8 Å². The third-order valence-corrected chi connectivity index (χ3v) is 1.84. The van der Waals surface area contributed by atoms with Crippen molar-refractivity contribution in [3.8, 4) is 5.75 Å². The van der Waals surface area contributed by atoms with E-state index in [2.05, 4.69) is 5.32 Å². The summed E-state index contributed by atoms with van der Waals surface area (Å²) in [5, 5.41) is 11.2. The predicted octanol–water partition coefficient (Wildman–Crippen LogP) is 1.50. The van der Waals surface area contributed by atoms with E-state index in [-0.39, 0.29) is 6.54 Å². The lowest BCUT2D eigenvalue weighted by molar-refractivity contribution is -0.134. The fourth-order valence-electron chi connectivity index (χ4n) is 1.17. The van der Waals surface area contributed by atoms with Gasteiger partial charge in [-0.05, 0) is 30.7 Å². The maximum Gasteiger partial charge on any atom is 0.322 e. The van der Waals surface area contributed by atoms with E-state index in [1.54, 1.807) is 19.2 Å². The second kappa shape index (κ2) is 4.50. The molecule has 0 unspecified atom stereocenters. The summed E-state index contributed by atoms with van der Waals surface area (Å²) in [7, 11) is 1.60. The van der Waals surface area contributed by atoms with E-state index in [4.69, 9.17) is 9.84 Å². The normalized spacial score (nSPS) is 9.57. The van der Waals surface area contributed by atoms with Crippen LogP contribution in [0.5, 0.6) is 5.75 Å². The molecule has 4 nitrogen and oxygen atoms in total. The average molecular weight is 195 g/mol. The summed E-state index contributed by atoms with van der Waals surface area (Å²) >= 11 is 0. The number of aliphatic carboxylic acids is 1. The quantitative estimate of drug-likeness (QED) is 0.764. The number of aryl methyl sites for hydroxylation is 1. The van der Waals surface area contributed by atoms with Gasteiger partial charge < -0.3 is 15.2 Å². The SMILES string of the molecule is COc1ccc(NCC(=O)O)cc1C. The van der Waals surface area contributed by atoms with Gasteiger partial charge in [-0.2, -0.15) is 0 Å². The molecule has 76 valence electrons. The second-order valence-electron chi connectivity index (χ2n) is 2.93. The Morgan fingerprint density at radius 3 is 2.79 bits per heavy atom. The van der Waals surface area contributed by atoms with Gasteiger partial charge in [0.15, 0.2) is 0 Å². The lowest BCUT2D eigenvalue weighted by Crippen LogP contribution is -2.12. The number of methoxy groups -OCH3 is 1. The lowest BCUT2D eigenvalue weighted by atomic mass is 10.2. The Morgan fingerprint density at radius 1 is 1.57 bits per heavy atom. The van der Waals surface area contributed by atoms with E-state index in [0.717, 1.165) is 17.0 Å². The first-order chi connectivity index (χ1) is 6.63. The molecule has 1 rings (SSSR count). The lowest BCUT2D eigenvalue weighted by Gasteiger charge is -2.07. The summed E-state index contributed by atoms with van der Waals surface area (Å²) in [6.45, 7) is 1.83. The third-order valence-electron chi connectivity index (χ3n) is 1.84. The van der Waals surface area contributed by atoms with E-state index in [0.29, 0.717) is 0 Å². The van der Waals surface area contributed by atoms with Crippen LogP contribution in [0.4, 0.5) is 5.69 Å². The number of ether oxygens (including phenoxy) is 1. The van der Waals surface area contributed by atoms with Crippen LogP contribution in [0, 0.1) is 6.92 Å². The van der Waals surface area contributed by atoms with Crippen molar-refractivity contribution in [2.24, 2.45) is 0 Å². The smallest absolute Gasteiger partial charge is 0.322 e. The first-order valence-electron chi connectivity index (χ1n) is 4.24. The van der Waals surface area contributed by atoms with Crippen LogP contribution in [-0.2, 0) is 4.79 Å². The minimum absolute atomic E-state index is 0.0776. The number of hydrogen-bond acceptors (Lipinski definition) is 3. The Hall–Kier alpha value is -1.71. The molecule has 0 atom stereocenters. The van der Waals surface area contributed by atoms with Crippen LogP contribution in [-0.4, -0.2) is 24.7 Å². The van der Waals surface area contributed by atoms with Crippen LogP contribution < -0.4 is 10.1 Å². The van der Waals surface area contributed by atoms with Gasteiger partial charge in [-0.3, -0.25) is 4.79 Å². The molecule has 0 aromatic heterocycles. The zero-order valence-corrected chi connectivity index (χ0v) is 8.20. The molecule has 0 aliphatic carbocycles. The number of benzene rings is 1. The van der Waals surface area contributed by atoms with Crippen LogP contribution >= 0.6 is 0 Å². The van der Waals surface area contributed by atoms with Crippen LogP contribution in [0.15, 0.2) is 18.2 Å². The van der Waals surface area contributed by atoms with E-state index < -0.39 is 5.97 Å². The molecule has 0 spiro atoms. The van der Waals surface area contributed by atoms with Gasteiger partial charge in [0.25, 0.3) is 0 Å². The van der Waals surface area contributed by atoms with Crippen LogP contribution in [0.3, 0.4) is 0 Å². The van der Waals surface area contributed by atoms with Gasteiger partial charge in [0.05, 0.1) is 7.11 Å². The first kappa shape index (κ1) is 10.4. The third kappa shape index (κ3) is 2.65. The Morgan fingerprint density at radius 2 is 2.29 bits per heavy atom. The molecular weight excluding hydrogens is 182 g/mol. The Bertz CT molecular complexity index is 336. The van der Waals surface area contributed by atoms with Crippen LogP contribution in [0.2, 0.25) is 0 Å².